The minimum Gasteiger partial charge on any atom is -0.247 e. The summed E-state index contributed by atoms with van der Waals surface area (Å²) in [6.45, 7) is 4.42. The molecule has 3 aromatic carbocycles. The lowest BCUT2D eigenvalue weighted by molar-refractivity contribution is 1.10. The Kier molecular flexibility index (Phi) is 3.07. The summed E-state index contributed by atoms with van der Waals surface area (Å²) in [5.41, 5.74) is 4.99. The van der Waals surface area contributed by atoms with Gasteiger partial charge < -0.3 is 0 Å². The number of benzene rings is 3. The van der Waals surface area contributed by atoms with Crippen LogP contribution in [0.5, 0.6) is 0 Å². The van der Waals surface area contributed by atoms with Gasteiger partial charge in [-0.3, -0.25) is 0 Å². The molecule has 4 aromatic rings. The van der Waals surface area contributed by atoms with Crippen LogP contribution in [0.3, 0.4) is 0 Å². The van der Waals surface area contributed by atoms with Gasteiger partial charge in [0.25, 0.3) is 0 Å². The smallest absolute Gasteiger partial charge is 0.0741 e. The molecular weight excluding hydrogens is 266 g/mol. The molecular formula is C21H19N. The fourth-order valence-corrected chi connectivity index (χ4v) is 3.32. The maximum Gasteiger partial charge on any atom is 0.0741 e. The quantitative estimate of drug-likeness (QED) is 0.342. The van der Waals surface area contributed by atoms with Gasteiger partial charge in [-0.1, -0.05) is 50.2 Å². The molecule has 0 atom stereocenters. The Balaban J connectivity index is 2.16. The lowest BCUT2D eigenvalue weighted by atomic mass is 9.98. The number of pyridine rings is 1. The van der Waals surface area contributed by atoms with Gasteiger partial charge in [-0.2, -0.15) is 0 Å². The molecule has 0 amide bonds. The van der Waals surface area contributed by atoms with Crippen LogP contribution in [-0.2, 0) is 12.8 Å². The summed E-state index contributed by atoms with van der Waals surface area (Å²) in [5.74, 6) is 0. The average Bonchev–Trinajstić information content (AvgIpc) is 2.59. The summed E-state index contributed by atoms with van der Waals surface area (Å²) in [7, 11) is 0. The second kappa shape index (κ2) is 5.10. The number of hydrogen-bond acceptors (Lipinski definition) is 1. The molecule has 0 bridgehead atoms. The van der Waals surface area contributed by atoms with Crippen molar-refractivity contribution >= 4 is 32.6 Å². The van der Waals surface area contributed by atoms with E-state index in [4.69, 9.17) is 4.98 Å². The molecule has 22 heavy (non-hydrogen) atoms. The highest BCUT2D eigenvalue weighted by atomic mass is 14.7. The summed E-state index contributed by atoms with van der Waals surface area (Å²) >= 11 is 0. The predicted octanol–water partition coefficient (Wildman–Crippen LogP) is 5.67. The fourth-order valence-electron chi connectivity index (χ4n) is 3.32. The maximum atomic E-state index is 4.97. The molecule has 0 radical (unpaired) electrons. The first kappa shape index (κ1) is 13.3. The van der Waals surface area contributed by atoms with Crippen LogP contribution in [0.4, 0.5) is 0 Å². The van der Waals surface area contributed by atoms with Crippen molar-refractivity contribution in [2.45, 2.75) is 26.7 Å². The normalized spacial score (nSPS) is 11.5. The van der Waals surface area contributed by atoms with Gasteiger partial charge in [0.15, 0.2) is 0 Å². The van der Waals surface area contributed by atoms with E-state index in [-0.39, 0.29) is 0 Å². The highest BCUT2D eigenvalue weighted by Crippen LogP contribution is 2.29. The van der Waals surface area contributed by atoms with Crippen molar-refractivity contribution in [1.82, 2.24) is 4.98 Å². The first-order chi connectivity index (χ1) is 10.8. The topological polar surface area (TPSA) is 12.9 Å². The third-order valence-corrected chi connectivity index (χ3v) is 4.55. The molecule has 0 N–H and O–H groups in total. The number of rotatable bonds is 2. The van der Waals surface area contributed by atoms with Crippen molar-refractivity contribution in [3.8, 4) is 0 Å². The third kappa shape index (κ3) is 1.97. The monoisotopic (exact) mass is 285 g/mol. The minimum atomic E-state index is 1.02. The van der Waals surface area contributed by atoms with Crippen LogP contribution in [0.2, 0.25) is 0 Å². The molecule has 0 aliphatic rings. The largest absolute Gasteiger partial charge is 0.247 e. The Morgan fingerprint density at radius 3 is 2.45 bits per heavy atom. The van der Waals surface area contributed by atoms with Crippen LogP contribution in [0.15, 0.2) is 54.6 Å². The first-order valence-corrected chi connectivity index (χ1v) is 8.04. The van der Waals surface area contributed by atoms with Crippen molar-refractivity contribution in [3.63, 3.8) is 0 Å². The van der Waals surface area contributed by atoms with Gasteiger partial charge in [0, 0.05) is 10.8 Å². The second-order valence-electron chi connectivity index (χ2n) is 5.88. The van der Waals surface area contributed by atoms with Crippen molar-refractivity contribution < 1.29 is 0 Å². The second-order valence-corrected chi connectivity index (χ2v) is 5.88. The fraction of sp³-hybridized carbons (Fsp3) is 0.190. The molecule has 1 aromatic heterocycles. The van der Waals surface area contributed by atoms with Gasteiger partial charge >= 0.3 is 0 Å². The van der Waals surface area contributed by atoms with Crippen LogP contribution in [0.1, 0.15) is 25.0 Å². The summed E-state index contributed by atoms with van der Waals surface area (Å²) in [4.78, 5) is 4.97. The molecule has 0 spiro atoms. The van der Waals surface area contributed by atoms with Gasteiger partial charge in [-0.15, -0.1) is 0 Å². The molecule has 1 heterocycles. The Labute approximate surface area is 130 Å². The van der Waals surface area contributed by atoms with E-state index in [1.165, 1.54) is 32.7 Å². The number of nitrogens with zero attached hydrogens (tertiary/aromatic N) is 1. The van der Waals surface area contributed by atoms with Crippen LogP contribution in [0, 0.1) is 0 Å². The first-order valence-electron chi connectivity index (χ1n) is 8.04. The number of fused-ring (bicyclic) bond motifs is 4. The van der Waals surface area contributed by atoms with Crippen LogP contribution < -0.4 is 0 Å². The number of aryl methyl sites for hydroxylation is 2. The Morgan fingerprint density at radius 2 is 1.64 bits per heavy atom. The van der Waals surface area contributed by atoms with Crippen molar-refractivity contribution in [2.75, 3.05) is 0 Å². The summed E-state index contributed by atoms with van der Waals surface area (Å²) in [6.07, 6.45) is 2.09. The van der Waals surface area contributed by atoms with E-state index in [2.05, 4.69) is 68.4 Å². The standard InChI is InChI=1S/C21H19N/c1-3-14-11-15(4-2)21-17(12-14)13-19-18-8-6-5-7-16(18)9-10-20(19)22-21/h5-13H,3-4H2,1-2H3. The summed E-state index contributed by atoms with van der Waals surface area (Å²) in [5, 5.41) is 5.08. The molecule has 4 rings (SSSR count). The number of aromatic nitrogens is 1. The molecule has 0 unspecified atom stereocenters. The number of hydrogen-bond donors (Lipinski definition) is 0. The average molecular weight is 285 g/mol. The SMILES string of the molecule is CCc1cc(CC)c2nc3ccc4ccccc4c3cc2c1. The zero-order chi connectivity index (χ0) is 15.1. The van der Waals surface area contributed by atoms with Gasteiger partial charge in [-0.25, -0.2) is 4.98 Å². The minimum absolute atomic E-state index is 1.02. The van der Waals surface area contributed by atoms with Crippen molar-refractivity contribution in [2.24, 2.45) is 0 Å². The molecule has 1 nitrogen and oxygen atoms in total. The van der Waals surface area contributed by atoms with Gasteiger partial charge in [0.1, 0.15) is 0 Å². The zero-order valence-electron chi connectivity index (χ0n) is 13.1. The Hall–Kier alpha value is -2.41. The highest BCUT2D eigenvalue weighted by molar-refractivity contribution is 6.09. The lowest BCUT2D eigenvalue weighted by Gasteiger charge is -2.10. The van der Waals surface area contributed by atoms with E-state index in [1.807, 2.05) is 0 Å². The molecule has 0 saturated carbocycles. The van der Waals surface area contributed by atoms with E-state index in [9.17, 15) is 0 Å². The van der Waals surface area contributed by atoms with Gasteiger partial charge in [0.05, 0.1) is 11.0 Å². The van der Waals surface area contributed by atoms with Crippen molar-refractivity contribution in [1.29, 1.82) is 0 Å². The molecule has 0 aliphatic heterocycles. The maximum absolute atomic E-state index is 4.97. The third-order valence-electron chi connectivity index (χ3n) is 4.55. The van der Waals surface area contributed by atoms with E-state index in [0.29, 0.717) is 0 Å². The molecule has 0 fully saturated rings. The van der Waals surface area contributed by atoms with E-state index >= 15 is 0 Å². The van der Waals surface area contributed by atoms with Gasteiger partial charge in [0.2, 0.25) is 0 Å². The molecule has 0 aliphatic carbocycles. The van der Waals surface area contributed by atoms with E-state index in [0.717, 1.165) is 23.9 Å². The lowest BCUT2D eigenvalue weighted by Crippen LogP contribution is -1.92. The molecule has 1 heteroatoms. The van der Waals surface area contributed by atoms with Crippen LogP contribution in [-0.4, -0.2) is 4.98 Å². The zero-order valence-corrected chi connectivity index (χ0v) is 13.1. The Morgan fingerprint density at radius 1 is 0.773 bits per heavy atom. The Bertz CT molecular complexity index is 999. The van der Waals surface area contributed by atoms with Crippen LogP contribution in [0.25, 0.3) is 32.6 Å². The van der Waals surface area contributed by atoms with Gasteiger partial charge in [-0.05, 0) is 52.9 Å². The van der Waals surface area contributed by atoms with E-state index < -0.39 is 0 Å². The van der Waals surface area contributed by atoms with Crippen molar-refractivity contribution in [3.05, 3.63) is 65.7 Å². The van der Waals surface area contributed by atoms with Crippen LogP contribution >= 0.6 is 0 Å². The molecule has 0 saturated heterocycles. The summed E-state index contributed by atoms with van der Waals surface area (Å²) < 4.78 is 0. The van der Waals surface area contributed by atoms with E-state index in [1.54, 1.807) is 0 Å². The molecule has 108 valence electrons. The summed E-state index contributed by atoms with van der Waals surface area (Å²) in [6, 6.07) is 19.8. The highest BCUT2D eigenvalue weighted by Gasteiger charge is 2.08. The predicted molar refractivity (Wildman–Crippen MR) is 95.5 cm³/mol.